The van der Waals surface area contributed by atoms with Crippen LogP contribution in [0.15, 0.2) is 67.2 Å². The second-order valence-electron chi connectivity index (χ2n) is 8.96. The standard InChI is InChI=1S/C30H30O/c1-3-5-6-7-21-9-15-26-23(19-21)12-16-25(22-10-11-22)29(26)30-27-14-8-20(4-2)18-24(27)13-17-28(30)31/h4,8-9,12-19,22,31H,2-3,5-7,10-11H2,1H3. The Kier molecular flexibility index (Phi) is 5.28. The van der Waals surface area contributed by atoms with Crippen LogP contribution in [0.5, 0.6) is 5.75 Å². The summed E-state index contributed by atoms with van der Waals surface area (Å²) in [6.07, 6.45) is 9.24. The van der Waals surface area contributed by atoms with Gasteiger partial charge in [0.2, 0.25) is 0 Å². The Bertz CT molecular complexity index is 1280. The Labute approximate surface area is 185 Å². The molecule has 0 aromatic heterocycles. The Hall–Kier alpha value is -3.06. The molecule has 1 aliphatic rings. The van der Waals surface area contributed by atoms with Crippen molar-refractivity contribution in [3.05, 3.63) is 83.9 Å². The Morgan fingerprint density at radius 2 is 1.61 bits per heavy atom. The minimum atomic E-state index is 0.361. The number of hydrogen-bond acceptors (Lipinski definition) is 1. The van der Waals surface area contributed by atoms with Crippen LogP contribution < -0.4 is 0 Å². The number of benzene rings is 4. The second kappa shape index (κ2) is 8.23. The predicted octanol–water partition coefficient (Wildman–Crippen LogP) is 8.62. The van der Waals surface area contributed by atoms with Crippen LogP contribution >= 0.6 is 0 Å². The van der Waals surface area contributed by atoms with E-state index in [1.807, 2.05) is 18.2 Å². The van der Waals surface area contributed by atoms with E-state index in [-0.39, 0.29) is 0 Å². The maximum absolute atomic E-state index is 11.1. The fraction of sp³-hybridized carbons (Fsp3) is 0.267. The SMILES string of the molecule is C=Cc1ccc2c(-c3c(C4CC4)ccc4cc(CCCCC)ccc34)c(O)ccc2c1. The van der Waals surface area contributed by atoms with Crippen molar-refractivity contribution in [2.45, 2.75) is 51.4 Å². The van der Waals surface area contributed by atoms with Gasteiger partial charge in [-0.2, -0.15) is 0 Å². The summed E-state index contributed by atoms with van der Waals surface area (Å²) >= 11 is 0. The van der Waals surface area contributed by atoms with E-state index in [1.165, 1.54) is 59.6 Å². The van der Waals surface area contributed by atoms with Gasteiger partial charge in [-0.15, -0.1) is 0 Å². The first-order chi connectivity index (χ1) is 15.2. The number of fused-ring (bicyclic) bond motifs is 2. The summed E-state index contributed by atoms with van der Waals surface area (Å²) in [6.45, 7) is 6.16. The lowest BCUT2D eigenvalue weighted by Crippen LogP contribution is -1.94. The van der Waals surface area contributed by atoms with Gasteiger partial charge >= 0.3 is 0 Å². The van der Waals surface area contributed by atoms with Gasteiger partial charge in [-0.05, 0) is 87.5 Å². The van der Waals surface area contributed by atoms with Crippen LogP contribution in [-0.2, 0) is 6.42 Å². The summed E-state index contributed by atoms with van der Waals surface area (Å²) in [6, 6.07) is 21.7. The highest BCUT2D eigenvalue weighted by molar-refractivity contribution is 6.09. The van der Waals surface area contributed by atoms with Crippen molar-refractivity contribution >= 4 is 27.6 Å². The molecule has 0 aliphatic heterocycles. The zero-order valence-corrected chi connectivity index (χ0v) is 18.3. The third-order valence-corrected chi connectivity index (χ3v) is 6.71. The number of aromatic hydroxyl groups is 1. The quantitative estimate of drug-likeness (QED) is 0.305. The summed E-state index contributed by atoms with van der Waals surface area (Å²) < 4.78 is 0. The molecule has 4 aromatic carbocycles. The molecular formula is C30H30O. The van der Waals surface area contributed by atoms with Gasteiger partial charge in [-0.1, -0.05) is 81.0 Å². The number of unbranched alkanes of at least 4 members (excludes halogenated alkanes) is 2. The predicted molar refractivity (Wildman–Crippen MR) is 134 cm³/mol. The Morgan fingerprint density at radius 3 is 2.39 bits per heavy atom. The van der Waals surface area contributed by atoms with E-state index < -0.39 is 0 Å². The van der Waals surface area contributed by atoms with Crippen LogP contribution in [0.1, 0.15) is 61.6 Å². The monoisotopic (exact) mass is 406 g/mol. The molecule has 1 fully saturated rings. The molecule has 0 atom stereocenters. The van der Waals surface area contributed by atoms with Crippen LogP contribution in [-0.4, -0.2) is 5.11 Å². The van der Waals surface area contributed by atoms with Gasteiger partial charge < -0.3 is 5.11 Å². The average molecular weight is 407 g/mol. The normalized spacial score (nSPS) is 13.7. The van der Waals surface area contributed by atoms with Crippen molar-refractivity contribution in [3.63, 3.8) is 0 Å². The molecule has 0 bridgehead atoms. The zero-order valence-electron chi connectivity index (χ0n) is 18.3. The zero-order chi connectivity index (χ0) is 21.4. The van der Waals surface area contributed by atoms with Gasteiger partial charge in [0.05, 0.1) is 0 Å². The largest absolute Gasteiger partial charge is 0.507 e. The van der Waals surface area contributed by atoms with Crippen LogP contribution in [0, 0.1) is 0 Å². The highest BCUT2D eigenvalue weighted by atomic mass is 16.3. The summed E-state index contributed by atoms with van der Waals surface area (Å²) in [5.74, 6) is 0.964. The highest BCUT2D eigenvalue weighted by Gasteiger charge is 2.28. The maximum atomic E-state index is 11.1. The van der Waals surface area contributed by atoms with Gasteiger partial charge in [-0.3, -0.25) is 0 Å². The molecule has 0 unspecified atom stereocenters. The van der Waals surface area contributed by atoms with Gasteiger partial charge in [-0.25, -0.2) is 0 Å². The first kappa shape index (κ1) is 19.9. The van der Waals surface area contributed by atoms with E-state index in [1.54, 1.807) is 0 Å². The molecule has 1 N–H and O–H groups in total. The van der Waals surface area contributed by atoms with Crippen LogP contribution in [0.3, 0.4) is 0 Å². The van der Waals surface area contributed by atoms with E-state index in [0.717, 1.165) is 28.3 Å². The molecule has 4 aromatic rings. The van der Waals surface area contributed by atoms with E-state index in [2.05, 4.69) is 62.0 Å². The van der Waals surface area contributed by atoms with Gasteiger partial charge in [0.25, 0.3) is 0 Å². The van der Waals surface area contributed by atoms with Gasteiger partial charge in [0.15, 0.2) is 0 Å². The van der Waals surface area contributed by atoms with E-state index in [0.29, 0.717) is 11.7 Å². The highest BCUT2D eigenvalue weighted by Crippen LogP contribution is 2.50. The van der Waals surface area contributed by atoms with Crippen molar-refractivity contribution in [1.29, 1.82) is 0 Å². The third kappa shape index (κ3) is 3.74. The fourth-order valence-electron chi connectivity index (χ4n) is 4.87. The maximum Gasteiger partial charge on any atom is 0.124 e. The number of phenolic OH excluding ortho intramolecular Hbond substituents is 1. The number of hydrogen-bond donors (Lipinski definition) is 1. The van der Waals surface area contributed by atoms with E-state index in [9.17, 15) is 5.11 Å². The molecule has 0 saturated heterocycles. The molecule has 156 valence electrons. The Balaban J connectivity index is 1.74. The fourth-order valence-corrected chi connectivity index (χ4v) is 4.87. The first-order valence-electron chi connectivity index (χ1n) is 11.6. The van der Waals surface area contributed by atoms with Crippen LogP contribution in [0.4, 0.5) is 0 Å². The molecule has 1 heteroatoms. The second-order valence-corrected chi connectivity index (χ2v) is 8.96. The average Bonchev–Trinajstić information content (AvgIpc) is 3.64. The van der Waals surface area contributed by atoms with Crippen LogP contribution in [0.2, 0.25) is 0 Å². The van der Waals surface area contributed by atoms with Crippen molar-refractivity contribution in [2.75, 3.05) is 0 Å². The molecule has 1 aliphatic carbocycles. The lowest BCUT2D eigenvalue weighted by molar-refractivity contribution is 0.478. The van der Waals surface area contributed by atoms with E-state index >= 15 is 0 Å². The smallest absolute Gasteiger partial charge is 0.124 e. The molecule has 31 heavy (non-hydrogen) atoms. The van der Waals surface area contributed by atoms with Crippen LogP contribution in [0.25, 0.3) is 38.7 Å². The number of rotatable bonds is 7. The van der Waals surface area contributed by atoms with Crippen molar-refractivity contribution in [1.82, 2.24) is 0 Å². The number of phenols is 1. The summed E-state index contributed by atoms with van der Waals surface area (Å²) in [7, 11) is 0. The lowest BCUT2D eigenvalue weighted by Gasteiger charge is -2.18. The summed E-state index contributed by atoms with van der Waals surface area (Å²) in [5.41, 5.74) is 6.07. The van der Waals surface area contributed by atoms with Crippen molar-refractivity contribution in [2.24, 2.45) is 0 Å². The van der Waals surface area contributed by atoms with Crippen molar-refractivity contribution < 1.29 is 5.11 Å². The van der Waals surface area contributed by atoms with Gasteiger partial charge in [0, 0.05) is 5.56 Å². The molecule has 0 amide bonds. The summed E-state index contributed by atoms with van der Waals surface area (Å²) in [4.78, 5) is 0. The molecule has 0 radical (unpaired) electrons. The number of aryl methyl sites for hydroxylation is 1. The molecule has 0 spiro atoms. The van der Waals surface area contributed by atoms with Crippen molar-refractivity contribution in [3.8, 4) is 16.9 Å². The first-order valence-corrected chi connectivity index (χ1v) is 11.6. The molecule has 5 rings (SSSR count). The molecule has 1 nitrogen and oxygen atoms in total. The minimum absolute atomic E-state index is 0.361. The summed E-state index contributed by atoms with van der Waals surface area (Å²) in [5, 5.41) is 15.8. The molecule has 1 saturated carbocycles. The van der Waals surface area contributed by atoms with Gasteiger partial charge in [0.1, 0.15) is 5.75 Å². The topological polar surface area (TPSA) is 20.2 Å². The third-order valence-electron chi connectivity index (χ3n) is 6.71. The minimum Gasteiger partial charge on any atom is -0.507 e. The lowest BCUT2D eigenvalue weighted by atomic mass is 9.87. The Morgan fingerprint density at radius 1 is 0.871 bits per heavy atom. The van der Waals surface area contributed by atoms with E-state index in [4.69, 9.17) is 0 Å². The molecular weight excluding hydrogens is 376 g/mol. The molecule has 0 heterocycles.